The van der Waals surface area contributed by atoms with Crippen molar-refractivity contribution in [2.75, 3.05) is 13.7 Å². The number of amides is 2. The van der Waals surface area contributed by atoms with Crippen LogP contribution in [0.2, 0.25) is 0 Å². The molecular weight excluding hydrogens is 658 g/mol. The summed E-state index contributed by atoms with van der Waals surface area (Å²) in [5.74, 6) is -1.88. The Balaban J connectivity index is 1.12. The van der Waals surface area contributed by atoms with Crippen LogP contribution in [0.4, 0.5) is 4.79 Å². The molecule has 3 aliphatic heterocycles. The Morgan fingerprint density at radius 2 is 1.73 bits per heavy atom. The Hall–Kier alpha value is -4.78. The summed E-state index contributed by atoms with van der Waals surface area (Å²) >= 11 is 0. The molecule has 2 saturated heterocycles. The van der Waals surface area contributed by atoms with E-state index in [0.29, 0.717) is 42.6 Å². The van der Waals surface area contributed by atoms with Crippen molar-refractivity contribution in [1.82, 2.24) is 15.5 Å². The number of Topliss-reactive ketones (excluding diaryl/α,β-unsaturated/α-hetero) is 2. The number of methoxy groups -OCH3 is 1. The highest BCUT2D eigenvalue weighted by atomic mass is 16.6. The van der Waals surface area contributed by atoms with Crippen molar-refractivity contribution in [2.45, 2.75) is 109 Å². The third kappa shape index (κ3) is 7.35. The Labute approximate surface area is 296 Å². The minimum Gasteiger partial charge on any atom is -0.488 e. The number of rotatable bonds is 9. The van der Waals surface area contributed by atoms with Crippen molar-refractivity contribution in [3.63, 3.8) is 0 Å². The van der Waals surface area contributed by atoms with E-state index in [2.05, 4.69) is 10.6 Å². The third-order valence-electron chi connectivity index (χ3n) is 10.4. The normalized spacial score (nSPS) is 24.1. The van der Waals surface area contributed by atoms with Crippen LogP contribution in [0.25, 0.3) is 11.1 Å². The maximum Gasteiger partial charge on any atom is 0.407 e. The van der Waals surface area contributed by atoms with Gasteiger partial charge in [0.05, 0.1) is 7.11 Å². The molecule has 4 aliphatic rings. The number of hydrogen-bond acceptors (Lipinski definition) is 11. The van der Waals surface area contributed by atoms with E-state index in [1.54, 1.807) is 32.0 Å². The van der Waals surface area contributed by atoms with Crippen LogP contribution in [0, 0.1) is 5.92 Å². The molecule has 13 heteroatoms. The average molecular weight is 704 g/mol. The second kappa shape index (κ2) is 14.8. The highest BCUT2D eigenvalue weighted by molar-refractivity contribution is 6.04. The highest BCUT2D eigenvalue weighted by Crippen LogP contribution is 2.42. The molecular formula is C38H45N3O10. The number of alkyl carbamates (subject to hydrolysis) is 1. The van der Waals surface area contributed by atoms with Crippen molar-refractivity contribution >= 4 is 35.5 Å². The van der Waals surface area contributed by atoms with Crippen molar-refractivity contribution in [3.05, 3.63) is 52.6 Å². The second-order valence-corrected chi connectivity index (χ2v) is 14.3. The van der Waals surface area contributed by atoms with E-state index < -0.39 is 42.1 Å². The summed E-state index contributed by atoms with van der Waals surface area (Å²) < 4.78 is 21.9. The van der Waals surface area contributed by atoms with Crippen molar-refractivity contribution in [3.8, 4) is 16.9 Å². The number of carbonyl (C=O) groups excluding carboxylic acids is 6. The van der Waals surface area contributed by atoms with E-state index in [-0.39, 0.29) is 55.2 Å². The number of likely N-dealkylation sites (tertiary alicyclic amines) is 1. The van der Waals surface area contributed by atoms with E-state index in [9.17, 15) is 28.8 Å². The Bertz CT molecular complexity index is 1760. The molecule has 0 radical (unpaired) electrons. The van der Waals surface area contributed by atoms with Gasteiger partial charge in [0.15, 0.2) is 18.5 Å². The number of nitrogens with zero attached hydrogens (tertiary/aromatic N) is 1. The smallest absolute Gasteiger partial charge is 0.407 e. The predicted octanol–water partition coefficient (Wildman–Crippen LogP) is 3.91. The van der Waals surface area contributed by atoms with E-state index >= 15 is 0 Å². The van der Waals surface area contributed by atoms with Crippen molar-refractivity contribution in [1.29, 1.82) is 0 Å². The molecule has 3 heterocycles. The van der Waals surface area contributed by atoms with E-state index in [1.807, 2.05) is 26.0 Å². The number of benzene rings is 2. The van der Waals surface area contributed by atoms with Crippen LogP contribution in [-0.4, -0.2) is 90.4 Å². The minimum absolute atomic E-state index is 0.171. The summed E-state index contributed by atoms with van der Waals surface area (Å²) in [6, 6.07) is 6.69. The number of nitrogens with one attached hydrogen (secondary N) is 2. The van der Waals surface area contributed by atoms with E-state index in [4.69, 9.17) is 18.9 Å². The van der Waals surface area contributed by atoms with Crippen LogP contribution >= 0.6 is 0 Å². The van der Waals surface area contributed by atoms with Gasteiger partial charge in [0.25, 0.3) is 0 Å². The fourth-order valence-electron chi connectivity index (χ4n) is 7.50. The molecule has 272 valence electrons. The van der Waals surface area contributed by atoms with Gasteiger partial charge in [-0.3, -0.25) is 19.2 Å². The van der Waals surface area contributed by atoms with Gasteiger partial charge >= 0.3 is 18.0 Å². The van der Waals surface area contributed by atoms with Gasteiger partial charge in [-0.15, -0.1) is 0 Å². The highest BCUT2D eigenvalue weighted by Gasteiger charge is 2.45. The van der Waals surface area contributed by atoms with Crippen LogP contribution < -0.4 is 15.4 Å². The van der Waals surface area contributed by atoms with Gasteiger partial charge in [-0.1, -0.05) is 26.0 Å². The molecule has 51 heavy (non-hydrogen) atoms. The van der Waals surface area contributed by atoms with E-state index in [1.165, 1.54) is 12.0 Å². The molecule has 0 spiro atoms. The monoisotopic (exact) mass is 703 g/mol. The molecule has 13 nitrogen and oxygen atoms in total. The van der Waals surface area contributed by atoms with Crippen LogP contribution in [0.15, 0.2) is 30.3 Å². The molecule has 1 unspecified atom stereocenters. The van der Waals surface area contributed by atoms with Crippen LogP contribution in [-0.2, 0) is 41.6 Å². The first kappa shape index (κ1) is 36.0. The standard InChI is InChI=1S/C38H45N3O10/c1-19(2)33(40-38(47)48-5)35(44)41-21(4)7-12-29(41)37(46)51-31-13-9-22-15-27-25-10-8-23(14-24(25)17-49-32(27)16-26(22)34(31)43)30(42)18-50-36(45)28-11-6-20(3)39-28/h8,10,14-16,19-21,28-29,31,33,39H,6-7,9,11-13,17-18H2,1-5H3,(H,40,47)/t20-,21-,28-,29-,31?,33-/m0/s1. The number of esters is 2. The molecule has 2 aromatic carbocycles. The van der Waals surface area contributed by atoms with E-state index in [0.717, 1.165) is 28.7 Å². The predicted molar refractivity (Wildman–Crippen MR) is 183 cm³/mol. The Kier molecular flexibility index (Phi) is 10.5. The first-order valence-electron chi connectivity index (χ1n) is 17.7. The third-order valence-corrected chi connectivity index (χ3v) is 10.4. The van der Waals surface area contributed by atoms with Gasteiger partial charge in [-0.2, -0.15) is 0 Å². The Morgan fingerprint density at radius 1 is 0.941 bits per heavy atom. The number of hydrogen-bond donors (Lipinski definition) is 2. The SMILES string of the molecule is COC(=O)N[C@H](C(=O)N1[C@@H](C)CC[C@H]1C(=O)OC1CCc2cc3c(cc2C1=O)OCc1cc(C(=O)COC(=O)[C@@H]2CC[C@H](C)N2)ccc1-3)C(C)C. The first-order chi connectivity index (χ1) is 24.4. The number of ketones is 2. The van der Waals surface area contributed by atoms with Crippen LogP contribution in [0.3, 0.4) is 0 Å². The number of aryl methyl sites for hydroxylation is 1. The molecule has 2 N–H and O–H groups in total. The fourth-order valence-corrected chi connectivity index (χ4v) is 7.50. The number of fused-ring (bicyclic) bond motifs is 4. The fraction of sp³-hybridized carbons (Fsp3) is 0.526. The van der Waals surface area contributed by atoms with Gasteiger partial charge < -0.3 is 34.5 Å². The molecule has 2 amide bonds. The van der Waals surface area contributed by atoms with Crippen molar-refractivity contribution in [2.24, 2.45) is 5.92 Å². The summed E-state index contributed by atoms with van der Waals surface area (Å²) in [6.45, 7) is 7.26. The molecule has 6 atom stereocenters. The zero-order chi connectivity index (χ0) is 36.6. The largest absolute Gasteiger partial charge is 0.488 e. The van der Waals surface area contributed by atoms with Gasteiger partial charge in [0.1, 0.15) is 30.5 Å². The topological polar surface area (TPSA) is 167 Å². The molecule has 0 saturated carbocycles. The summed E-state index contributed by atoms with van der Waals surface area (Å²) in [7, 11) is 1.22. The van der Waals surface area contributed by atoms with Gasteiger partial charge in [-0.05, 0) is 93.2 Å². The van der Waals surface area contributed by atoms with Crippen molar-refractivity contribution < 1.29 is 47.7 Å². The molecule has 1 aliphatic carbocycles. The molecule has 6 rings (SSSR count). The number of carbonyl (C=O) groups is 6. The maximum absolute atomic E-state index is 13.7. The zero-order valence-electron chi connectivity index (χ0n) is 29.6. The summed E-state index contributed by atoms with van der Waals surface area (Å²) in [4.78, 5) is 79.5. The first-order valence-corrected chi connectivity index (χ1v) is 17.7. The lowest BCUT2D eigenvalue weighted by Gasteiger charge is -2.33. The molecule has 0 bridgehead atoms. The van der Waals surface area contributed by atoms with Crippen LogP contribution in [0.1, 0.15) is 91.6 Å². The maximum atomic E-state index is 13.7. The van der Waals surface area contributed by atoms with Gasteiger partial charge in [-0.25, -0.2) is 9.59 Å². The lowest BCUT2D eigenvalue weighted by atomic mass is 9.84. The van der Waals surface area contributed by atoms with Gasteiger partial charge in [0, 0.05) is 28.8 Å². The molecule has 2 aromatic rings. The van der Waals surface area contributed by atoms with Gasteiger partial charge in [0.2, 0.25) is 11.7 Å². The average Bonchev–Trinajstić information content (AvgIpc) is 3.74. The zero-order valence-corrected chi connectivity index (χ0v) is 29.6. The van der Waals surface area contributed by atoms with Crippen LogP contribution in [0.5, 0.6) is 5.75 Å². The summed E-state index contributed by atoms with van der Waals surface area (Å²) in [5, 5.41) is 5.74. The minimum atomic E-state index is -1.02. The Morgan fingerprint density at radius 3 is 2.43 bits per heavy atom. The summed E-state index contributed by atoms with van der Waals surface area (Å²) in [6.07, 6.45) is 1.51. The summed E-state index contributed by atoms with van der Waals surface area (Å²) in [5.41, 5.74) is 4.08. The lowest BCUT2D eigenvalue weighted by molar-refractivity contribution is -0.158. The molecule has 2 fully saturated rings. The second-order valence-electron chi connectivity index (χ2n) is 14.3. The lowest BCUT2D eigenvalue weighted by Crippen LogP contribution is -2.56. The molecule has 0 aromatic heterocycles. The number of ether oxygens (including phenoxy) is 4. The quantitative estimate of drug-likeness (QED) is 0.221.